The van der Waals surface area contributed by atoms with Crippen LogP contribution in [0.4, 0.5) is 5.69 Å². The molecule has 3 heteroatoms. The Kier molecular flexibility index (Phi) is 3.57. The lowest BCUT2D eigenvalue weighted by Crippen LogP contribution is -2.18. The number of aromatic nitrogens is 1. The van der Waals surface area contributed by atoms with Crippen molar-refractivity contribution >= 4 is 17.0 Å². The van der Waals surface area contributed by atoms with Gasteiger partial charge in [0.05, 0.1) is 11.4 Å². The van der Waals surface area contributed by atoms with Crippen LogP contribution in [0.15, 0.2) is 35.8 Å². The van der Waals surface area contributed by atoms with Gasteiger partial charge in [0.15, 0.2) is 0 Å². The minimum atomic E-state index is 0.432. The highest BCUT2D eigenvalue weighted by molar-refractivity contribution is 7.09. The second kappa shape index (κ2) is 5.12. The lowest BCUT2D eigenvalue weighted by atomic mass is 10.2. The molecule has 0 amide bonds. The summed E-state index contributed by atoms with van der Waals surface area (Å²) >= 11 is 1.81. The molecule has 2 nitrogen and oxygen atoms in total. The summed E-state index contributed by atoms with van der Waals surface area (Å²) in [5, 5.41) is 5.61. The van der Waals surface area contributed by atoms with E-state index in [1.807, 2.05) is 30.5 Å². The second-order valence-electron chi connectivity index (χ2n) is 3.97. The van der Waals surface area contributed by atoms with Gasteiger partial charge in [-0.05, 0) is 37.4 Å². The van der Waals surface area contributed by atoms with Crippen LogP contribution in [0.1, 0.15) is 17.5 Å². The summed E-state index contributed by atoms with van der Waals surface area (Å²) in [4.78, 5) is 5.69. The summed E-state index contributed by atoms with van der Waals surface area (Å²) in [5.41, 5.74) is 2.19. The predicted octanol–water partition coefficient (Wildman–Crippen LogP) is 3.49. The average Bonchev–Trinajstić information content (AvgIpc) is 2.74. The monoisotopic (exact) mass is 232 g/mol. The molecule has 2 aromatic heterocycles. The van der Waals surface area contributed by atoms with E-state index >= 15 is 0 Å². The van der Waals surface area contributed by atoms with E-state index in [9.17, 15) is 0 Å². The van der Waals surface area contributed by atoms with E-state index in [1.165, 1.54) is 4.88 Å². The van der Waals surface area contributed by atoms with Crippen LogP contribution in [0.2, 0.25) is 0 Å². The molecular weight excluding hydrogens is 216 g/mol. The largest absolute Gasteiger partial charge is 0.381 e. The van der Waals surface area contributed by atoms with E-state index in [0.29, 0.717) is 6.04 Å². The maximum absolute atomic E-state index is 4.27. The van der Waals surface area contributed by atoms with Gasteiger partial charge in [-0.3, -0.25) is 4.98 Å². The van der Waals surface area contributed by atoms with Gasteiger partial charge in [-0.1, -0.05) is 6.07 Å². The SMILES string of the molecule is Cc1ncccc1NC(C)Cc1cccs1. The van der Waals surface area contributed by atoms with Crippen LogP contribution >= 0.6 is 11.3 Å². The van der Waals surface area contributed by atoms with Crippen molar-refractivity contribution in [2.45, 2.75) is 26.3 Å². The number of nitrogens with one attached hydrogen (secondary N) is 1. The Bertz CT molecular complexity index is 437. The molecule has 0 bridgehead atoms. The Hall–Kier alpha value is -1.35. The molecule has 1 N–H and O–H groups in total. The number of thiophene rings is 1. The maximum atomic E-state index is 4.27. The van der Waals surface area contributed by atoms with Gasteiger partial charge in [0.25, 0.3) is 0 Å². The fourth-order valence-electron chi connectivity index (χ4n) is 1.68. The first-order valence-electron chi connectivity index (χ1n) is 5.46. The second-order valence-corrected chi connectivity index (χ2v) is 5.00. The molecule has 0 spiro atoms. The zero-order valence-electron chi connectivity index (χ0n) is 9.60. The average molecular weight is 232 g/mol. The van der Waals surface area contributed by atoms with Crippen LogP contribution in [0, 0.1) is 6.92 Å². The van der Waals surface area contributed by atoms with E-state index in [-0.39, 0.29) is 0 Å². The molecule has 0 aliphatic carbocycles. The topological polar surface area (TPSA) is 24.9 Å². The van der Waals surface area contributed by atoms with Crippen LogP contribution < -0.4 is 5.32 Å². The smallest absolute Gasteiger partial charge is 0.0603 e. The third-order valence-corrected chi connectivity index (χ3v) is 3.40. The first kappa shape index (κ1) is 11.1. The van der Waals surface area contributed by atoms with Crippen LogP contribution in [0.5, 0.6) is 0 Å². The fraction of sp³-hybridized carbons (Fsp3) is 0.308. The van der Waals surface area contributed by atoms with E-state index in [0.717, 1.165) is 17.8 Å². The van der Waals surface area contributed by atoms with E-state index in [4.69, 9.17) is 0 Å². The molecule has 0 fully saturated rings. The van der Waals surface area contributed by atoms with Crippen LogP contribution in [-0.4, -0.2) is 11.0 Å². The molecule has 2 aromatic rings. The van der Waals surface area contributed by atoms with Crippen molar-refractivity contribution < 1.29 is 0 Å². The Labute approximate surface area is 100 Å². The summed E-state index contributed by atoms with van der Waals surface area (Å²) in [6.07, 6.45) is 2.89. The quantitative estimate of drug-likeness (QED) is 0.872. The van der Waals surface area contributed by atoms with Crippen molar-refractivity contribution in [1.82, 2.24) is 4.98 Å². The standard InChI is InChI=1S/C13H16N2S/c1-10(9-12-5-4-8-16-12)15-13-6-3-7-14-11(13)2/h3-8,10,15H,9H2,1-2H3. The predicted molar refractivity (Wildman–Crippen MR) is 70.1 cm³/mol. The van der Waals surface area contributed by atoms with Gasteiger partial charge in [-0.2, -0.15) is 0 Å². The van der Waals surface area contributed by atoms with Crippen molar-refractivity contribution in [2.24, 2.45) is 0 Å². The highest BCUT2D eigenvalue weighted by atomic mass is 32.1. The van der Waals surface area contributed by atoms with Gasteiger partial charge in [0.2, 0.25) is 0 Å². The van der Waals surface area contributed by atoms with Crippen molar-refractivity contribution in [3.05, 3.63) is 46.4 Å². The van der Waals surface area contributed by atoms with Gasteiger partial charge in [0, 0.05) is 23.5 Å². The van der Waals surface area contributed by atoms with Crippen LogP contribution in [0.3, 0.4) is 0 Å². The molecule has 0 aliphatic rings. The first-order valence-corrected chi connectivity index (χ1v) is 6.34. The van der Waals surface area contributed by atoms with Gasteiger partial charge < -0.3 is 5.32 Å². The molecule has 0 aliphatic heterocycles. The van der Waals surface area contributed by atoms with Crippen molar-refractivity contribution in [1.29, 1.82) is 0 Å². The fourth-order valence-corrected chi connectivity index (χ4v) is 2.52. The van der Waals surface area contributed by atoms with Crippen molar-refractivity contribution in [2.75, 3.05) is 5.32 Å². The Balaban J connectivity index is 1.97. The molecule has 2 rings (SSSR count). The van der Waals surface area contributed by atoms with E-state index < -0.39 is 0 Å². The summed E-state index contributed by atoms with van der Waals surface area (Å²) < 4.78 is 0. The molecule has 0 radical (unpaired) electrons. The summed E-state index contributed by atoms with van der Waals surface area (Å²) in [5.74, 6) is 0. The Morgan fingerprint density at radius 3 is 2.94 bits per heavy atom. The Morgan fingerprint density at radius 2 is 2.25 bits per heavy atom. The number of nitrogens with zero attached hydrogens (tertiary/aromatic N) is 1. The van der Waals surface area contributed by atoms with E-state index in [1.54, 1.807) is 0 Å². The van der Waals surface area contributed by atoms with Crippen LogP contribution in [0.25, 0.3) is 0 Å². The van der Waals surface area contributed by atoms with Crippen LogP contribution in [-0.2, 0) is 6.42 Å². The van der Waals surface area contributed by atoms with Gasteiger partial charge in [-0.25, -0.2) is 0 Å². The molecule has 84 valence electrons. The lowest BCUT2D eigenvalue weighted by molar-refractivity contribution is 0.797. The molecule has 1 atom stereocenters. The molecule has 2 heterocycles. The number of anilines is 1. The Morgan fingerprint density at radius 1 is 1.38 bits per heavy atom. The molecule has 16 heavy (non-hydrogen) atoms. The zero-order valence-corrected chi connectivity index (χ0v) is 10.4. The van der Waals surface area contributed by atoms with Crippen molar-refractivity contribution in [3.8, 4) is 0 Å². The van der Waals surface area contributed by atoms with Gasteiger partial charge in [-0.15, -0.1) is 11.3 Å². The van der Waals surface area contributed by atoms with Gasteiger partial charge >= 0.3 is 0 Å². The molecule has 0 saturated carbocycles. The number of aryl methyl sites for hydroxylation is 1. The zero-order chi connectivity index (χ0) is 11.4. The number of rotatable bonds is 4. The summed E-state index contributed by atoms with van der Waals surface area (Å²) in [6, 6.07) is 8.75. The summed E-state index contributed by atoms with van der Waals surface area (Å²) in [6.45, 7) is 4.23. The molecular formula is C13H16N2S. The number of pyridine rings is 1. The summed E-state index contributed by atoms with van der Waals surface area (Å²) in [7, 11) is 0. The highest BCUT2D eigenvalue weighted by Crippen LogP contribution is 2.16. The normalized spacial score (nSPS) is 12.4. The van der Waals surface area contributed by atoms with Gasteiger partial charge in [0.1, 0.15) is 0 Å². The maximum Gasteiger partial charge on any atom is 0.0603 e. The minimum Gasteiger partial charge on any atom is -0.381 e. The molecule has 0 saturated heterocycles. The first-order chi connectivity index (χ1) is 7.75. The molecule has 0 aromatic carbocycles. The lowest BCUT2D eigenvalue weighted by Gasteiger charge is -2.15. The number of hydrogen-bond donors (Lipinski definition) is 1. The third-order valence-electron chi connectivity index (χ3n) is 2.50. The van der Waals surface area contributed by atoms with E-state index in [2.05, 4.69) is 40.8 Å². The highest BCUT2D eigenvalue weighted by Gasteiger charge is 2.05. The van der Waals surface area contributed by atoms with Crippen molar-refractivity contribution in [3.63, 3.8) is 0 Å². The number of hydrogen-bond acceptors (Lipinski definition) is 3. The molecule has 1 unspecified atom stereocenters. The minimum absolute atomic E-state index is 0.432. The third kappa shape index (κ3) is 2.83.